The van der Waals surface area contributed by atoms with Gasteiger partial charge in [-0.2, -0.15) is 0 Å². The fourth-order valence-electron chi connectivity index (χ4n) is 2.52. The summed E-state index contributed by atoms with van der Waals surface area (Å²) in [7, 11) is 0. The number of nitrogens with one attached hydrogen (secondary N) is 2. The number of carbonyl (C=O) groups excluding carboxylic acids is 1. The highest BCUT2D eigenvalue weighted by Crippen LogP contribution is 2.16. The average Bonchev–Trinajstić information content (AvgIpc) is 2.62. The number of carboxylic acids is 1. The molecule has 5 heteroatoms. The number of rotatable bonds is 7. The van der Waals surface area contributed by atoms with Crippen LogP contribution < -0.4 is 10.6 Å². The van der Waals surface area contributed by atoms with Crippen molar-refractivity contribution in [2.24, 2.45) is 0 Å². The minimum absolute atomic E-state index is 0.0887. The molecule has 0 aromatic rings. The zero-order chi connectivity index (χ0) is 14.1. The smallest absolute Gasteiger partial charge is 0.320 e. The monoisotopic (exact) mass is 270 g/mol. The van der Waals surface area contributed by atoms with Crippen molar-refractivity contribution in [1.82, 2.24) is 10.6 Å². The number of aliphatic carboxylic acids is 1. The molecule has 0 aromatic heterocycles. The predicted molar refractivity (Wildman–Crippen MR) is 74.0 cm³/mol. The van der Waals surface area contributed by atoms with Gasteiger partial charge in [-0.05, 0) is 19.3 Å². The standard InChI is InChI=1S/C14H26N2O3/c1-2-7-12(14(18)19)15-10-13(17)16-11-8-5-3-4-6-9-11/h11-12,15H,2-10H2,1H3,(H,16,17)(H,18,19). The summed E-state index contributed by atoms with van der Waals surface area (Å²) in [5, 5.41) is 14.8. The molecule has 0 aliphatic heterocycles. The van der Waals surface area contributed by atoms with E-state index in [1.165, 1.54) is 25.7 Å². The van der Waals surface area contributed by atoms with Gasteiger partial charge in [-0.1, -0.05) is 39.0 Å². The first-order valence-corrected chi connectivity index (χ1v) is 7.39. The van der Waals surface area contributed by atoms with E-state index in [0.717, 1.165) is 19.3 Å². The second-order valence-electron chi connectivity index (χ2n) is 5.32. The zero-order valence-electron chi connectivity index (χ0n) is 11.8. The van der Waals surface area contributed by atoms with Crippen LogP contribution in [0.2, 0.25) is 0 Å². The van der Waals surface area contributed by atoms with Crippen LogP contribution in [0.15, 0.2) is 0 Å². The topological polar surface area (TPSA) is 78.4 Å². The molecule has 1 saturated carbocycles. The van der Waals surface area contributed by atoms with Crippen LogP contribution in [0.5, 0.6) is 0 Å². The van der Waals surface area contributed by atoms with Crippen LogP contribution in [0.25, 0.3) is 0 Å². The van der Waals surface area contributed by atoms with Gasteiger partial charge in [-0.25, -0.2) is 0 Å². The second kappa shape index (κ2) is 8.91. The summed E-state index contributed by atoms with van der Waals surface area (Å²) >= 11 is 0. The Bertz CT molecular complexity index is 286. The fourth-order valence-corrected chi connectivity index (χ4v) is 2.52. The number of carboxylic acid groups (broad SMARTS) is 1. The summed E-state index contributed by atoms with van der Waals surface area (Å²) in [5.41, 5.74) is 0. The Kier molecular flexibility index (Phi) is 7.48. The van der Waals surface area contributed by atoms with E-state index in [1.54, 1.807) is 0 Å². The third-order valence-electron chi connectivity index (χ3n) is 3.60. The van der Waals surface area contributed by atoms with Crippen LogP contribution in [0.1, 0.15) is 58.3 Å². The quantitative estimate of drug-likeness (QED) is 0.615. The van der Waals surface area contributed by atoms with Gasteiger partial charge in [0.25, 0.3) is 0 Å². The maximum Gasteiger partial charge on any atom is 0.320 e. The van der Waals surface area contributed by atoms with Crippen molar-refractivity contribution in [3.05, 3.63) is 0 Å². The Morgan fingerprint density at radius 1 is 1.21 bits per heavy atom. The lowest BCUT2D eigenvalue weighted by molar-refractivity contribution is -0.139. The minimum atomic E-state index is -0.885. The molecule has 3 N–H and O–H groups in total. The van der Waals surface area contributed by atoms with Gasteiger partial charge in [0.2, 0.25) is 5.91 Å². The highest BCUT2D eigenvalue weighted by molar-refractivity contribution is 5.80. The molecule has 1 aliphatic carbocycles. The van der Waals surface area contributed by atoms with E-state index in [2.05, 4.69) is 10.6 Å². The number of amides is 1. The number of hydrogen-bond donors (Lipinski definition) is 3. The fraction of sp³-hybridized carbons (Fsp3) is 0.857. The minimum Gasteiger partial charge on any atom is -0.480 e. The normalized spacial score (nSPS) is 18.6. The van der Waals surface area contributed by atoms with Crippen LogP contribution in [0, 0.1) is 0 Å². The molecule has 1 unspecified atom stereocenters. The number of carbonyl (C=O) groups is 2. The van der Waals surface area contributed by atoms with Gasteiger partial charge in [0.05, 0.1) is 6.54 Å². The molecule has 1 atom stereocenters. The summed E-state index contributed by atoms with van der Waals surface area (Å²) in [4.78, 5) is 22.7. The van der Waals surface area contributed by atoms with Crippen molar-refractivity contribution in [1.29, 1.82) is 0 Å². The van der Waals surface area contributed by atoms with Crippen LogP contribution in [0.3, 0.4) is 0 Å². The molecule has 1 rings (SSSR count). The summed E-state index contributed by atoms with van der Waals surface area (Å²) in [6.07, 6.45) is 8.27. The van der Waals surface area contributed by atoms with Crippen LogP contribution >= 0.6 is 0 Å². The molecule has 0 saturated heterocycles. The summed E-state index contributed by atoms with van der Waals surface area (Å²) in [5.74, 6) is -0.974. The third kappa shape index (κ3) is 6.57. The first-order chi connectivity index (χ1) is 9.13. The second-order valence-corrected chi connectivity index (χ2v) is 5.32. The van der Waals surface area contributed by atoms with E-state index >= 15 is 0 Å². The maximum atomic E-state index is 11.8. The van der Waals surface area contributed by atoms with Gasteiger partial charge in [-0.3, -0.25) is 14.9 Å². The van der Waals surface area contributed by atoms with E-state index in [9.17, 15) is 9.59 Å². The molecule has 0 heterocycles. The molecule has 0 bridgehead atoms. The van der Waals surface area contributed by atoms with Crippen molar-refractivity contribution in [3.8, 4) is 0 Å². The summed E-state index contributed by atoms with van der Waals surface area (Å²) in [6, 6.07) is -0.351. The molecule has 1 aliphatic rings. The van der Waals surface area contributed by atoms with E-state index in [0.29, 0.717) is 6.42 Å². The SMILES string of the molecule is CCCC(NCC(=O)NC1CCCCCC1)C(=O)O. The maximum absolute atomic E-state index is 11.8. The first kappa shape index (κ1) is 16.0. The molecule has 1 fully saturated rings. The Morgan fingerprint density at radius 3 is 2.37 bits per heavy atom. The molecular weight excluding hydrogens is 244 g/mol. The highest BCUT2D eigenvalue weighted by Gasteiger charge is 2.18. The van der Waals surface area contributed by atoms with E-state index in [-0.39, 0.29) is 18.5 Å². The Balaban J connectivity index is 2.27. The van der Waals surface area contributed by atoms with Gasteiger partial charge in [-0.15, -0.1) is 0 Å². The van der Waals surface area contributed by atoms with Crippen molar-refractivity contribution in [2.45, 2.75) is 70.4 Å². The van der Waals surface area contributed by atoms with Gasteiger partial charge < -0.3 is 10.4 Å². The van der Waals surface area contributed by atoms with E-state index in [1.807, 2.05) is 6.92 Å². The summed E-state index contributed by atoms with van der Waals surface area (Å²) in [6.45, 7) is 2.02. The third-order valence-corrected chi connectivity index (χ3v) is 3.60. The van der Waals surface area contributed by atoms with E-state index in [4.69, 9.17) is 5.11 Å². The molecule has 0 spiro atoms. The van der Waals surface area contributed by atoms with Crippen LogP contribution in [0.4, 0.5) is 0 Å². The average molecular weight is 270 g/mol. The highest BCUT2D eigenvalue weighted by atomic mass is 16.4. The predicted octanol–water partition coefficient (Wildman–Crippen LogP) is 1.67. The molecule has 5 nitrogen and oxygen atoms in total. The lowest BCUT2D eigenvalue weighted by Crippen LogP contribution is -2.45. The first-order valence-electron chi connectivity index (χ1n) is 7.39. The lowest BCUT2D eigenvalue weighted by Gasteiger charge is -2.18. The van der Waals surface area contributed by atoms with Crippen molar-refractivity contribution < 1.29 is 14.7 Å². The van der Waals surface area contributed by atoms with Crippen molar-refractivity contribution >= 4 is 11.9 Å². The van der Waals surface area contributed by atoms with E-state index < -0.39 is 12.0 Å². The van der Waals surface area contributed by atoms with Crippen molar-refractivity contribution in [2.75, 3.05) is 6.54 Å². The molecule has 0 radical (unpaired) electrons. The summed E-state index contributed by atoms with van der Waals surface area (Å²) < 4.78 is 0. The zero-order valence-corrected chi connectivity index (χ0v) is 11.8. The van der Waals surface area contributed by atoms with Gasteiger partial charge in [0.1, 0.15) is 6.04 Å². The van der Waals surface area contributed by atoms with Crippen LogP contribution in [-0.2, 0) is 9.59 Å². The molecular formula is C14H26N2O3. The van der Waals surface area contributed by atoms with Gasteiger partial charge in [0.15, 0.2) is 0 Å². The molecule has 19 heavy (non-hydrogen) atoms. The van der Waals surface area contributed by atoms with Gasteiger partial charge in [0, 0.05) is 6.04 Å². The lowest BCUT2D eigenvalue weighted by atomic mass is 10.1. The largest absolute Gasteiger partial charge is 0.480 e. The molecule has 1 amide bonds. The number of hydrogen-bond acceptors (Lipinski definition) is 3. The Labute approximate surface area is 115 Å². The van der Waals surface area contributed by atoms with Crippen LogP contribution in [-0.4, -0.2) is 35.6 Å². The molecule has 110 valence electrons. The Morgan fingerprint density at radius 2 is 1.84 bits per heavy atom. The Hall–Kier alpha value is -1.10. The molecule has 0 aromatic carbocycles. The van der Waals surface area contributed by atoms with Gasteiger partial charge >= 0.3 is 5.97 Å². The van der Waals surface area contributed by atoms with Crippen molar-refractivity contribution in [3.63, 3.8) is 0 Å².